The van der Waals surface area contributed by atoms with Crippen molar-refractivity contribution < 1.29 is 17.7 Å². The van der Waals surface area contributed by atoms with Gasteiger partial charge in [0.1, 0.15) is 6.54 Å². The van der Waals surface area contributed by atoms with Crippen molar-refractivity contribution in [3.8, 4) is 11.3 Å². The van der Waals surface area contributed by atoms with Gasteiger partial charge in [-0.05, 0) is 22.7 Å². The molecule has 3 aromatic rings. The average molecular weight is 315 g/mol. The van der Waals surface area contributed by atoms with Crippen LogP contribution in [-0.4, -0.2) is 4.98 Å². The Morgan fingerprint density at radius 2 is 1.70 bits per heavy atom. The summed E-state index contributed by atoms with van der Waals surface area (Å²) in [6.45, 7) is 0.339. The first-order valence-electron chi connectivity index (χ1n) is 7.09. The first-order valence-corrected chi connectivity index (χ1v) is 7.09. The van der Waals surface area contributed by atoms with Crippen LogP contribution in [0.25, 0.3) is 11.3 Å². The van der Waals surface area contributed by atoms with Gasteiger partial charge >= 0.3 is 6.18 Å². The maximum Gasteiger partial charge on any atom is 0.416 e. The predicted molar refractivity (Wildman–Crippen MR) is 80.4 cm³/mol. The quantitative estimate of drug-likeness (QED) is 0.665. The lowest BCUT2D eigenvalue weighted by atomic mass is 10.1. The van der Waals surface area contributed by atoms with E-state index >= 15 is 0 Å². The lowest BCUT2D eigenvalue weighted by molar-refractivity contribution is -0.691. The van der Waals surface area contributed by atoms with Crippen LogP contribution >= 0.6 is 0 Å². The molecule has 0 fully saturated rings. The summed E-state index contributed by atoms with van der Waals surface area (Å²) in [5, 5.41) is 0. The van der Waals surface area contributed by atoms with Crippen molar-refractivity contribution >= 4 is 0 Å². The third-order valence-corrected chi connectivity index (χ3v) is 3.46. The Balaban J connectivity index is 1.79. The van der Waals surface area contributed by atoms with Crippen LogP contribution < -0.4 is 4.57 Å². The zero-order chi connectivity index (χ0) is 16.3. The van der Waals surface area contributed by atoms with Gasteiger partial charge in [-0.1, -0.05) is 42.5 Å². The van der Waals surface area contributed by atoms with Crippen molar-refractivity contribution in [2.75, 3.05) is 0 Å². The molecule has 3 rings (SSSR count). The topological polar surface area (TPSA) is 16.8 Å². The van der Waals surface area contributed by atoms with Gasteiger partial charge in [0.05, 0.1) is 11.8 Å². The fraction of sp³-hybridized carbons (Fsp3) is 0.111. The van der Waals surface area contributed by atoms with Crippen LogP contribution in [0.15, 0.2) is 73.2 Å². The molecular weight excluding hydrogens is 301 g/mol. The average Bonchev–Trinajstić information content (AvgIpc) is 2.56. The summed E-state index contributed by atoms with van der Waals surface area (Å²) in [5.41, 5.74) is 1.77. The molecule has 0 bridgehead atoms. The number of benzene rings is 2. The molecule has 116 valence electrons. The zero-order valence-electron chi connectivity index (χ0n) is 12.2. The molecule has 0 aliphatic heterocycles. The SMILES string of the molecule is FC(F)(F)c1cccc(C[n+]2ccc(-c3ccccc3)nc2)c1. The summed E-state index contributed by atoms with van der Waals surface area (Å²) >= 11 is 0. The normalized spacial score (nSPS) is 11.4. The zero-order valence-corrected chi connectivity index (χ0v) is 12.2. The Bertz CT molecular complexity index is 781. The van der Waals surface area contributed by atoms with Crippen LogP contribution in [0.4, 0.5) is 13.2 Å². The number of alkyl halides is 3. The highest BCUT2D eigenvalue weighted by Gasteiger charge is 2.30. The van der Waals surface area contributed by atoms with Gasteiger partial charge < -0.3 is 0 Å². The Labute approximate surface area is 131 Å². The third kappa shape index (κ3) is 3.74. The van der Waals surface area contributed by atoms with E-state index in [0.29, 0.717) is 12.1 Å². The minimum absolute atomic E-state index is 0.339. The molecule has 23 heavy (non-hydrogen) atoms. The Hall–Kier alpha value is -2.69. The lowest BCUT2D eigenvalue weighted by Gasteiger charge is -2.08. The molecular formula is C18H14F3N2+. The monoisotopic (exact) mass is 315 g/mol. The number of hydrogen-bond acceptors (Lipinski definition) is 1. The maximum atomic E-state index is 12.7. The second kappa shape index (κ2) is 6.20. The van der Waals surface area contributed by atoms with Crippen molar-refractivity contribution in [3.63, 3.8) is 0 Å². The van der Waals surface area contributed by atoms with E-state index < -0.39 is 11.7 Å². The number of hydrogen-bond donors (Lipinski definition) is 0. The second-order valence-electron chi connectivity index (χ2n) is 5.18. The summed E-state index contributed by atoms with van der Waals surface area (Å²) in [7, 11) is 0. The highest BCUT2D eigenvalue weighted by Crippen LogP contribution is 2.29. The van der Waals surface area contributed by atoms with Gasteiger partial charge in [0.25, 0.3) is 6.33 Å². The van der Waals surface area contributed by atoms with Gasteiger partial charge in [0.2, 0.25) is 0 Å². The first-order chi connectivity index (χ1) is 11.0. The molecule has 1 heterocycles. The summed E-state index contributed by atoms with van der Waals surface area (Å²) < 4.78 is 39.9. The van der Waals surface area contributed by atoms with Gasteiger partial charge in [-0.15, -0.1) is 0 Å². The first kappa shape index (κ1) is 15.2. The van der Waals surface area contributed by atoms with Crippen molar-refractivity contribution in [2.45, 2.75) is 12.7 Å². The number of rotatable bonds is 3. The van der Waals surface area contributed by atoms with E-state index in [1.54, 1.807) is 17.0 Å². The summed E-state index contributed by atoms with van der Waals surface area (Å²) in [6, 6.07) is 16.9. The molecule has 0 aliphatic rings. The van der Waals surface area contributed by atoms with Crippen molar-refractivity contribution in [3.05, 3.63) is 84.3 Å². The van der Waals surface area contributed by atoms with Crippen LogP contribution in [0.2, 0.25) is 0 Å². The molecule has 0 spiro atoms. The Morgan fingerprint density at radius 3 is 2.35 bits per heavy atom. The van der Waals surface area contributed by atoms with Crippen molar-refractivity contribution in [2.24, 2.45) is 0 Å². The van der Waals surface area contributed by atoms with Crippen LogP contribution in [0.5, 0.6) is 0 Å². The molecule has 5 heteroatoms. The van der Waals surface area contributed by atoms with Crippen LogP contribution in [0, 0.1) is 0 Å². The van der Waals surface area contributed by atoms with Gasteiger partial charge in [-0.2, -0.15) is 13.2 Å². The molecule has 0 saturated carbocycles. The molecule has 2 nitrogen and oxygen atoms in total. The molecule has 0 aliphatic carbocycles. The van der Waals surface area contributed by atoms with E-state index in [1.807, 2.05) is 42.6 Å². The molecule has 0 N–H and O–H groups in total. The highest BCUT2D eigenvalue weighted by atomic mass is 19.4. The van der Waals surface area contributed by atoms with Gasteiger partial charge in [0.15, 0.2) is 5.69 Å². The van der Waals surface area contributed by atoms with Gasteiger partial charge in [-0.3, -0.25) is 0 Å². The lowest BCUT2D eigenvalue weighted by Crippen LogP contribution is -2.34. The Kier molecular flexibility index (Phi) is 4.10. The largest absolute Gasteiger partial charge is 0.416 e. The van der Waals surface area contributed by atoms with Gasteiger partial charge in [-0.25, -0.2) is 4.57 Å². The number of nitrogens with zero attached hydrogens (tertiary/aromatic N) is 2. The minimum Gasteiger partial charge on any atom is -0.233 e. The standard InChI is InChI=1S/C18H14F3N2/c19-18(20,21)16-8-4-5-14(11-16)12-23-10-9-17(22-13-23)15-6-2-1-3-7-15/h1-11,13H,12H2/q+1. The predicted octanol–water partition coefficient (Wildman–Crippen LogP) is 4.10. The van der Waals surface area contributed by atoms with E-state index in [4.69, 9.17) is 0 Å². The summed E-state index contributed by atoms with van der Waals surface area (Å²) in [4.78, 5) is 4.36. The van der Waals surface area contributed by atoms with Crippen molar-refractivity contribution in [1.29, 1.82) is 0 Å². The fourth-order valence-corrected chi connectivity index (χ4v) is 2.31. The molecule has 2 aromatic carbocycles. The molecule has 0 atom stereocenters. The van der Waals surface area contributed by atoms with Crippen LogP contribution in [0.3, 0.4) is 0 Å². The third-order valence-electron chi connectivity index (χ3n) is 3.46. The minimum atomic E-state index is -4.32. The molecule has 0 saturated heterocycles. The molecule has 1 aromatic heterocycles. The van der Waals surface area contributed by atoms with E-state index in [9.17, 15) is 13.2 Å². The van der Waals surface area contributed by atoms with E-state index in [1.165, 1.54) is 6.07 Å². The molecule has 0 unspecified atom stereocenters. The smallest absolute Gasteiger partial charge is 0.233 e. The maximum absolute atomic E-state index is 12.7. The molecule has 0 amide bonds. The Morgan fingerprint density at radius 1 is 0.913 bits per heavy atom. The fourth-order valence-electron chi connectivity index (χ4n) is 2.31. The van der Waals surface area contributed by atoms with E-state index in [0.717, 1.165) is 23.4 Å². The highest BCUT2D eigenvalue weighted by molar-refractivity contribution is 5.57. The van der Waals surface area contributed by atoms with Crippen LogP contribution in [-0.2, 0) is 12.7 Å². The number of halogens is 3. The van der Waals surface area contributed by atoms with E-state index in [2.05, 4.69) is 4.98 Å². The van der Waals surface area contributed by atoms with Crippen LogP contribution in [0.1, 0.15) is 11.1 Å². The van der Waals surface area contributed by atoms with Gasteiger partial charge in [0, 0.05) is 11.6 Å². The van der Waals surface area contributed by atoms with E-state index in [-0.39, 0.29) is 0 Å². The second-order valence-corrected chi connectivity index (χ2v) is 5.18. The molecule has 0 radical (unpaired) electrons. The van der Waals surface area contributed by atoms with Crippen molar-refractivity contribution in [1.82, 2.24) is 4.98 Å². The number of aromatic nitrogens is 2. The summed E-state index contributed by atoms with van der Waals surface area (Å²) in [6.07, 6.45) is -0.881. The summed E-state index contributed by atoms with van der Waals surface area (Å²) in [5.74, 6) is 0.